The van der Waals surface area contributed by atoms with Gasteiger partial charge in [-0.25, -0.2) is 0 Å². The third-order valence-corrected chi connectivity index (χ3v) is 4.92. The van der Waals surface area contributed by atoms with Gasteiger partial charge in [-0.1, -0.05) is 13.3 Å². The van der Waals surface area contributed by atoms with Gasteiger partial charge in [0, 0.05) is 23.4 Å². The number of nitrogens with zero attached hydrogens (tertiary/aromatic N) is 1. The zero-order chi connectivity index (χ0) is 16.4. The van der Waals surface area contributed by atoms with Crippen molar-refractivity contribution in [2.24, 2.45) is 5.92 Å². The van der Waals surface area contributed by atoms with E-state index in [0.717, 1.165) is 27.4 Å². The number of hydrogen-bond acceptors (Lipinski definition) is 4. The number of pyridine rings is 1. The predicted molar refractivity (Wildman–Crippen MR) is 91.8 cm³/mol. The summed E-state index contributed by atoms with van der Waals surface area (Å²) in [4.78, 5) is 15.8. The van der Waals surface area contributed by atoms with Gasteiger partial charge in [-0.05, 0) is 34.0 Å². The molecule has 0 radical (unpaired) electrons. The fraction of sp³-hybridized carbons (Fsp3) is 0.412. The van der Waals surface area contributed by atoms with Gasteiger partial charge >= 0.3 is 0 Å². The van der Waals surface area contributed by atoms with Gasteiger partial charge in [0.05, 0.1) is 23.8 Å². The summed E-state index contributed by atoms with van der Waals surface area (Å²) in [5.74, 6) is 1.87. The van der Waals surface area contributed by atoms with E-state index in [1.54, 1.807) is 19.5 Å². The van der Waals surface area contributed by atoms with Crippen molar-refractivity contribution in [2.75, 3.05) is 13.7 Å². The molecule has 0 spiro atoms. The van der Waals surface area contributed by atoms with E-state index in [9.17, 15) is 4.79 Å². The number of methoxy groups -OCH3 is 1. The number of amides is 1. The minimum atomic E-state index is 0.0556. The van der Waals surface area contributed by atoms with E-state index >= 15 is 0 Å². The van der Waals surface area contributed by atoms with Crippen molar-refractivity contribution in [3.8, 4) is 11.5 Å². The van der Waals surface area contributed by atoms with Crippen LogP contribution in [0, 0.1) is 5.92 Å². The lowest BCUT2D eigenvalue weighted by Gasteiger charge is -2.18. The molecule has 1 saturated heterocycles. The molecule has 0 aliphatic carbocycles. The Bertz CT molecular complexity index is 735. The summed E-state index contributed by atoms with van der Waals surface area (Å²) < 4.78 is 12.2. The molecule has 0 unspecified atom stereocenters. The third kappa shape index (κ3) is 3.27. The lowest BCUT2D eigenvalue weighted by molar-refractivity contribution is -0.119. The molecule has 5 nitrogen and oxygen atoms in total. The van der Waals surface area contributed by atoms with Gasteiger partial charge in [0.1, 0.15) is 18.1 Å². The van der Waals surface area contributed by atoms with Crippen LogP contribution in [0.3, 0.4) is 0 Å². The van der Waals surface area contributed by atoms with Crippen LogP contribution in [0.2, 0.25) is 0 Å². The molecule has 0 saturated carbocycles. The summed E-state index contributed by atoms with van der Waals surface area (Å²) in [5.41, 5.74) is 0. The lowest BCUT2D eigenvalue weighted by Crippen LogP contribution is -2.34. The zero-order valence-corrected chi connectivity index (χ0v) is 14.7. The highest BCUT2D eigenvalue weighted by atomic mass is 79.9. The summed E-state index contributed by atoms with van der Waals surface area (Å²) in [6.45, 7) is 2.54. The van der Waals surface area contributed by atoms with Gasteiger partial charge in [0.2, 0.25) is 5.91 Å². The molecule has 23 heavy (non-hydrogen) atoms. The molecule has 122 valence electrons. The molecule has 1 N–H and O–H groups in total. The molecule has 1 amide bonds. The third-order valence-electron chi connectivity index (χ3n) is 4.30. The van der Waals surface area contributed by atoms with Crippen molar-refractivity contribution < 1.29 is 14.3 Å². The number of benzene rings is 1. The van der Waals surface area contributed by atoms with E-state index in [1.165, 1.54) is 0 Å². The van der Waals surface area contributed by atoms with E-state index in [-0.39, 0.29) is 11.9 Å². The molecular formula is C17H19BrN2O3. The van der Waals surface area contributed by atoms with E-state index in [1.807, 2.05) is 12.1 Å². The molecule has 2 atom stereocenters. The normalized spacial score (nSPS) is 20.6. The largest absolute Gasteiger partial charge is 0.496 e. The van der Waals surface area contributed by atoms with Crippen LogP contribution in [0.1, 0.15) is 19.8 Å². The number of ether oxygens (including phenoxy) is 2. The first kappa shape index (κ1) is 16.1. The highest BCUT2D eigenvalue weighted by Crippen LogP contribution is 2.34. The molecular weight excluding hydrogens is 360 g/mol. The molecule has 1 aromatic carbocycles. The maximum atomic E-state index is 11.6. The van der Waals surface area contributed by atoms with Gasteiger partial charge < -0.3 is 14.8 Å². The van der Waals surface area contributed by atoms with Gasteiger partial charge in [-0.2, -0.15) is 0 Å². The van der Waals surface area contributed by atoms with Crippen molar-refractivity contribution in [1.82, 2.24) is 10.3 Å². The minimum absolute atomic E-state index is 0.0556. The SMILES string of the molecule is CC[C@@H]1CC(=O)N[C@@H]1COc1cncc2cc(Br)c(OC)cc12. The molecule has 1 aromatic heterocycles. The Morgan fingerprint density at radius 2 is 2.17 bits per heavy atom. The Morgan fingerprint density at radius 3 is 2.91 bits per heavy atom. The standard InChI is InChI=1S/C17H19BrN2O3/c1-3-10-5-17(21)20-14(10)9-23-16-8-19-7-11-4-13(18)15(22-2)6-12(11)16/h4,6-8,10,14H,3,5,9H2,1-2H3,(H,20,21)/t10-,14-/m1/s1. The van der Waals surface area contributed by atoms with Crippen LogP contribution in [0.5, 0.6) is 11.5 Å². The molecule has 3 rings (SSSR count). The van der Waals surface area contributed by atoms with Gasteiger partial charge in [-0.15, -0.1) is 0 Å². The van der Waals surface area contributed by atoms with Crippen LogP contribution in [0.25, 0.3) is 10.8 Å². The van der Waals surface area contributed by atoms with Crippen molar-refractivity contribution in [1.29, 1.82) is 0 Å². The Labute approximate surface area is 143 Å². The maximum absolute atomic E-state index is 11.6. The average Bonchev–Trinajstić information content (AvgIpc) is 2.92. The summed E-state index contributed by atoms with van der Waals surface area (Å²) in [6, 6.07) is 3.95. The monoisotopic (exact) mass is 378 g/mol. The molecule has 1 aliphatic heterocycles. The molecule has 2 heterocycles. The molecule has 1 fully saturated rings. The lowest BCUT2D eigenvalue weighted by atomic mass is 9.98. The van der Waals surface area contributed by atoms with Crippen LogP contribution in [-0.4, -0.2) is 30.6 Å². The van der Waals surface area contributed by atoms with Crippen LogP contribution in [0.4, 0.5) is 0 Å². The van der Waals surface area contributed by atoms with E-state index in [0.29, 0.717) is 24.7 Å². The number of fused-ring (bicyclic) bond motifs is 1. The highest BCUT2D eigenvalue weighted by molar-refractivity contribution is 9.10. The number of carbonyl (C=O) groups excluding carboxylic acids is 1. The molecule has 6 heteroatoms. The second-order valence-corrected chi connectivity index (χ2v) is 6.56. The summed E-state index contributed by atoms with van der Waals surface area (Å²) in [7, 11) is 1.63. The quantitative estimate of drug-likeness (QED) is 0.866. The Hall–Kier alpha value is -1.82. The second kappa shape index (κ2) is 6.74. The minimum Gasteiger partial charge on any atom is -0.496 e. The van der Waals surface area contributed by atoms with Crippen LogP contribution < -0.4 is 14.8 Å². The highest BCUT2D eigenvalue weighted by Gasteiger charge is 2.31. The first-order valence-electron chi connectivity index (χ1n) is 7.65. The van der Waals surface area contributed by atoms with Crippen LogP contribution in [-0.2, 0) is 4.79 Å². The van der Waals surface area contributed by atoms with Gasteiger partial charge in [0.15, 0.2) is 0 Å². The number of carbonyl (C=O) groups is 1. The molecule has 2 aromatic rings. The molecule has 1 aliphatic rings. The average molecular weight is 379 g/mol. The van der Waals surface area contributed by atoms with Crippen molar-refractivity contribution in [3.63, 3.8) is 0 Å². The van der Waals surface area contributed by atoms with Crippen molar-refractivity contribution in [3.05, 3.63) is 29.0 Å². The summed E-state index contributed by atoms with van der Waals surface area (Å²) in [6.07, 6.45) is 5.03. The number of nitrogens with one attached hydrogen (secondary N) is 1. The first-order valence-corrected chi connectivity index (χ1v) is 8.45. The fourth-order valence-electron chi connectivity index (χ4n) is 2.97. The number of hydrogen-bond donors (Lipinski definition) is 1. The number of aromatic nitrogens is 1. The van der Waals surface area contributed by atoms with Crippen molar-refractivity contribution >= 4 is 32.6 Å². The predicted octanol–water partition coefficient (Wildman–Crippen LogP) is 3.30. The second-order valence-electron chi connectivity index (χ2n) is 5.70. The fourth-order valence-corrected chi connectivity index (χ4v) is 3.49. The number of halogens is 1. The smallest absolute Gasteiger partial charge is 0.220 e. The summed E-state index contributed by atoms with van der Waals surface area (Å²) >= 11 is 3.48. The van der Waals surface area contributed by atoms with Gasteiger partial charge in [-0.3, -0.25) is 9.78 Å². The van der Waals surface area contributed by atoms with E-state index in [4.69, 9.17) is 9.47 Å². The summed E-state index contributed by atoms with van der Waals surface area (Å²) in [5, 5.41) is 4.90. The number of rotatable bonds is 5. The van der Waals surface area contributed by atoms with E-state index < -0.39 is 0 Å². The Kier molecular flexibility index (Phi) is 4.71. The zero-order valence-electron chi connectivity index (χ0n) is 13.1. The first-order chi connectivity index (χ1) is 11.1. The Balaban J connectivity index is 1.84. The van der Waals surface area contributed by atoms with E-state index in [2.05, 4.69) is 33.2 Å². The van der Waals surface area contributed by atoms with Crippen LogP contribution in [0.15, 0.2) is 29.0 Å². The molecule has 0 bridgehead atoms. The maximum Gasteiger partial charge on any atom is 0.220 e. The van der Waals surface area contributed by atoms with Gasteiger partial charge in [0.25, 0.3) is 0 Å². The Morgan fingerprint density at radius 1 is 1.35 bits per heavy atom. The topological polar surface area (TPSA) is 60.5 Å². The van der Waals surface area contributed by atoms with Crippen molar-refractivity contribution in [2.45, 2.75) is 25.8 Å². The van der Waals surface area contributed by atoms with Crippen LogP contribution >= 0.6 is 15.9 Å².